The molecule has 0 radical (unpaired) electrons. The van der Waals surface area contributed by atoms with Gasteiger partial charge in [0.05, 0.1) is 10.3 Å². The molecule has 0 atom stereocenters. The van der Waals surface area contributed by atoms with Crippen LogP contribution in [0.3, 0.4) is 0 Å². The summed E-state index contributed by atoms with van der Waals surface area (Å²) in [6.45, 7) is 0. The molecule has 2 heterocycles. The number of fused-ring (bicyclic) bond motifs is 1. The Hall–Kier alpha value is -2.39. The quantitative estimate of drug-likeness (QED) is 0.770. The van der Waals surface area contributed by atoms with Crippen LogP contribution in [0, 0.1) is 0 Å². The van der Waals surface area contributed by atoms with E-state index >= 15 is 0 Å². The van der Waals surface area contributed by atoms with E-state index in [1.165, 1.54) is 42.2 Å². The van der Waals surface area contributed by atoms with Crippen LogP contribution in [-0.2, 0) is 17.1 Å². The normalized spacial score (nSPS) is 11.7. The largest absolute Gasteiger partial charge is 0.355 e. The lowest BCUT2D eigenvalue weighted by Gasteiger charge is -2.07. The summed E-state index contributed by atoms with van der Waals surface area (Å²) in [6, 6.07) is 5.40. The van der Waals surface area contributed by atoms with Crippen LogP contribution < -0.4 is 4.72 Å². The highest BCUT2D eigenvalue weighted by Crippen LogP contribution is 2.25. The number of nitrogens with zero attached hydrogens (tertiary/aromatic N) is 3. The number of benzene rings is 1. The van der Waals surface area contributed by atoms with Crippen molar-refractivity contribution in [2.24, 2.45) is 7.05 Å². The number of carbonyl (C=O) groups is 1. The van der Waals surface area contributed by atoms with Crippen molar-refractivity contribution < 1.29 is 17.7 Å². The molecule has 0 spiro atoms. The van der Waals surface area contributed by atoms with Crippen LogP contribution in [0.5, 0.6) is 0 Å². The van der Waals surface area contributed by atoms with Crippen LogP contribution >= 0.6 is 11.6 Å². The van der Waals surface area contributed by atoms with Crippen molar-refractivity contribution in [1.82, 2.24) is 19.7 Å². The van der Waals surface area contributed by atoms with Gasteiger partial charge in [0.15, 0.2) is 10.7 Å². The molecule has 3 rings (SSSR count). The molecule has 1 amide bonds. The highest BCUT2D eigenvalue weighted by Gasteiger charge is 2.21. The molecule has 1 N–H and O–H groups in total. The smallest absolute Gasteiger partial charge is 0.283 e. The van der Waals surface area contributed by atoms with Gasteiger partial charge in [-0.1, -0.05) is 16.8 Å². The molecule has 0 aliphatic rings. The first kappa shape index (κ1) is 14.5. The maximum absolute atomic E-state index is 12.3. The minimum Gasteiger partial charge on any atom is -0.355 e. The van der Waals surface area contributed by atoms with Crippen molar-refractivity contribution in [2.45, 2.75) is 4.90 Å². The van der Waals surface area contributed by atoms with Crippen LogP contribution in [0.4, 0.5) is 0 Å². The number of rotatable bonds is 3. The number of carbonyl (C=O) groups excluding carboxylic acids is 1. The highest BCUT2D eigenvalue weighted by atomic mass is 35.5. The van der Waals surface area contributed by atoms with E-state index in [1.54, 1.807) is 0 Å². The third-order valence-electron chi connectivity index (χ3n) is 2.99. The number of hydrogen-bond donors (Lipinski definition) is 1. The molecule has 0 aliphatic heterocycles. The number of halogens is 1. The van der Waals surface area contributed by atoms with Gasteiger partial charge in [-0.2, -0.15) is 5.10 Å². The monoisotopic (exact) mass is 340 g/mol. The van der Waals surface area contributed by atoms with E-state index in [9.17, 15) is 13.2 Å². The second-order valence-electron chi connectivity index (χ2n) is 4.41. The van der Waals surface area contributed by atoms with Crippen molar-refractivity contribution >= 4 is 38.5 Å². The van der Waals surface area contributed by atoms with Gasteiger partial charge in [0.2, 0.25) is 0 Å². The van der Waals surface area contributed by atoms with Crippen molar-refractivity contribution in [3.8, 4) is 0 Å². The standard InChI is InChI=1S/C12H9ClN4O4S/c1-17-9(4-5-14-17)12(18)16-22(19,20)7-2-3-10-8(6-7)11(13)15-21-10/h2-6H,1H3,(H,16,18). The van der Waals surface area contributed by atoms with Gasteiger partial charge in [-0.15, -0.1) is 0 Å². The number of amides is 1. The van der Waals surface area contributed by atoms with E-state index in [4.69, 9.17) is 16.1 Å². The molecule has 8 nitrogen and oxygen atoms in total. The molecule has 0 fully saturated rings. The molecular weight excluding hydrogens is 332 g/mol. The molecule has 114 valence electrons. The van der Waals surface area contributed by atoms with Gasteiger partial charge in [0.25, 0.3) is 15.9 Å². The zero-order valence-corrected chi connectivity index (χ0v) is 12.7. The van der Waals surface area contributed by atoms with Gasteiger partial charge in [0, 0.05) is 13.2 Å². The predicted molar refractivity (Wildman–Crippen MR) is 76.9 cm³/mol. The van der Waals surface area contributed by atoms with Crippen molar-refractivity contribution in [2.75, 3.05) is 0 Å². The average Bonchev–Trinajstić information content (AvgIpc) is 3.05. The topological polar surface area (TPSA) is 107 Å². The Labute approximate surface area is 129 Å². The van der Waals surface area contributed by atoms with Crippen LogP contribution in [-0.4, -0.2) is 29.3 Å². The minimum absolute atomic E-state index is 0.0463. The average molecular weight is 341 g/mol. The summed E-state index contributed by atoms with van der Waals surface area (Å²) in [6.07, 6.45) is 1.39. The lowest BCUT2D eigenvalue weighted by atomic mass is 10.3. The summed E-state index contributed by atoms with van der Waals surface area (Å²) in [5, 5.41) is 7.73. The zero-order chi connectivity index (χ0) is 15.9. The molecule has 10 heteroatoms. The number of hydrogen-bond acceptors (Lipinski definition) is 6. The van der Waals surface area contributed by atoms with Crippen LogP contribution in [0.25, 0.3) is 11.0 Å². The van der Waals surface area contributed by atoms with E-state index in [-0.39, 0.29) is 15.7 Å². The Bertz CT molecular complexity index is 976. The fraction of sp³-hybridized carbons (Fsp3) is 0.0833. The Morgan fingerprint density at radius 3 is 2.82 bits per heavy atom. The third-order valence-corrected chi connectivity index (χ3v) is 4.59. The van der Waals surface area contributed by atoms with Gasteiger partial charge >= 0.3 is 0 Å². The first-order valence-corrected chi connectivity index (χ1v) is 7.85. The lowest BCUT2D eigenvalue weighted by molar-refractivity contribution is 0.0972. The maximum Gasteiger partial charge on any atom is 0.283 e. The van der Waals surface area contributed by atoms with Gasteiger partial charge in [-0.05, 0) is 24.3 Å². The second kappa shape index (κ2) is 5.11. The van der Waals surface area contributed by atoms with Crippen LogP contribution in [0.15, 0.2) is 39.9 Å². The molecule has 0 saturated heterocycles. The fourth-order valence-electron chi connectivity index (χ4n) is 1.89. The Balaban J connectivity index is 1.96. The zero-order valence-electron chi connectivity index (χ0n) is 11.1. The molecule has 0 saturated carbocycles. The van der Waals surface area contributed by atoms with Crippen molar-refractivity contribution in [1.29, 1.82) is 0 Å². The summed E-state index contributed by atoms with van der Waals surface area (Å²) >= 11 is 5.80. The van der Waals surface area contributed by atoms with E-state index in [0.717, 1.165) is 0 Å². The lowest BCUT2D eigenvalue weighted by Crippen LogP contribution is -2.31. The summed E-state index contributed by atoms with van der Waals surface area (Å²) < 4.78 is 32.7. The van der Waals surface area contributed by atoms with Crippen molar-refractivity contribution in [3.05, 3.63) is 41.3 Å². The first-order chi connectivity index (χ1) is 10.4. The Morgan fingerprint density at radius 2 is 2.14 bits per heavy atom. The minimum atomic E-state index is -4.06. The van der Waals surface area contributed by atoms with Gasteiger partial charge in [-0.3, -0.25) is 9.48 Å². The Kier molecular flexibility index (Phi) is 3.38. The SMILES string of the molecule is Cn1nccc1C(=O)NS(=O)(=O)c1ccc2onc(Cl)c2c1. The molecular formula is C12H9ClN4O4S. The summed E-state index contributed by atoms with van der Waals surface area (Å²) in [5.74, 6) is -0.781. The number of nitrogens with one attached hydrogen (secondary N) is 1. The maximum atomic E-state index is 12.3. The van der Waals surface area contributed by atoms with Gasteiger partial charge in [0.1, 0.15) is 5.69 Å². The molecule has 1 aromatic carbocycles. The molecule has 0 bridgehead atoms. The van der Waals surface area contributed by atoms with E-state index in [1.807, 2.05) is 4.72 Å². The van der Waals surface area contributed by atoms with E-state index in [0.29, 0.717) is 11.0 Å². The number of aromatic nitrogens is 3. The van der Waals surface area contributed by atoms with E-state index < -0.39 is 15.9 Å². The van der Waals surface area contributed by atoms with Crippen LogP contribution in [0.2, 0.25) is 5.15 Å². The molecule has 0 unspecified atom stereocenters. The molecule has 3 aromatic rings. The van der Waals surface area contributed by atoms with Gasteiger partial charge < -0.3 is 4.52 Å². The highest BCUT2D eigenvalue weighted by molar-refractivity contribution is 7.90. The number of aryl methyl sites for hydroxylation is 1. The first-order valence-electron chi connectivity index (χ1n) is 5.98. The predicted octanol–water partition coefficient (Wildman–Crippen LogP) is 1.33. The van der Waals surface area contributed by atoms with Crippen molar-refractivity contribution in [3.63, 3.8) is 0 Å². The fourth-order valence-corrected chi connectivity index (χ4v) is 3.05. The molecule has 22 heavy (non-hydrogen) atoms. The summed E-state index contributed by atoms with van der Waals surface area (Å²) in [5.41, 5.74) is 0.467. The van der Waals surface area contributed by atoms with E-state index in [2.05, 4.69) is 10.3 Å². The Morgan fingerprint density at radius 1 is 1.36 bits per heavy atom. The molecule has 2 aromatic heterocycles. The summed E-state index contributed by atoms with van der Waals surface area (Å²) in [7, 11) is -2.52. The third kappa shape index (κ3) is 2.44. The summed E-state index contributed by atoms with van der Waals surface area (Å²) in [4.78, 5) is 11.9. The second-order valence-corrected chi connectivity index (χ2v) is 6.45. The number of sulfonamides is 1. The molecule has 0 aliphatic carbocycles. The van der Waals surface area contributed by atoms with Gasteiger partial charge in [-0.25, -0.2) is 13.1 Å². The van der Waals surface area contributed by atoms with Crippen LogP contribution in [0.1, 0.15) is 10.5 Å².